The summed E-state index contributed by atoms with van der Waals surface area (Å²) < 4.78 is 5.10. The maximum absolute atomic E-state index is 7.11. The van der Waals surface area contributed by atoms with Crippen molar-refractivity contribution in [1.82, 2.24) is 0 Å². The van der Waals surface area contributed by atoms with Crippen molar-refractivity contribution < 1.29 is 4.74 Å². The molecule has 0 atom stereocenters. The van der Waals surface area contributed by atoms with E-state index in [1.807, 2.05) is 0 Å². The highest BCUT2D eigenvalue weighted by atomic mass is 16.5. The lowest BCUT2D eigenvalue weighted by molar-refractivity contribution is 0.0824. The van der Waals surface area contributed by atoms with Gasteiger partial charge in [0.25, 0.3) is 0 Å². The fourth-order valence-corrected chi connectivity index (χ4v) is 1.01. The van der Waals surface area contributed by atoms with E-state index in [1.165, 1.54) is 0 Å². The predicted molar refractivity (Wildman–Crippen MR) is 35.5 cm³/mol. The van der Waals surface area contributed by atoms with Crippen molar-refractivity contribution in [3.8, 4) is 0 Å². The number of hydrogen-bond acceptors (Lipinski definition) is 2. The maximum atomic E-state index is 7.11. The molecule has 0 unspecified atom stereocenters. The molecule has 1 saturated heterocycles. The first-order chi connectivity index (χ1) is 4.30. The summed E-state index contributed by atoms with van der Waals surface area (Å²) in [6.07, 6.45) is 1.85. The van der Waals surface area contributed by atoms with Crippen LogP contribution in [0.3, 0.4) is 0 Å². The summed E-state index contributed by atoms with van der Waals surface area (Å²) in [5.74, 6) is 0.608. The van der Waals surface area contributed by atoms with Crippen LogP contribution in [0.5, 0.6) is 0 Å². The fourth-order valence-electron chi connectivity index (χ4n) is 1.01. The molecule has 0 aliphatic carbocycles. The predicted octanol–water partition coefficient (Wildman–Crippen LogP) is 0.349. The van der Waals surface area contributed by atoms with E-state index in [0.717, 1.165) is 26.1 Å². The Labute approximate surface area is 54.7 Å². The van der Waals surface area contributed by atoms with Gasteiger partial charge in [-0.05, 0) is 12.8 Å². The summed E-state index contributed by atoms with van der Waals surface area (Å²) in [6, 6.07) is 0. The lowest BCUT2D eigenvalue weighted by Gasteiger charge is -2.19. The second-order valence-corrected chi connectivity index (χ2v) is 2.34. The van der Waals surface area contributed by atoms with Crippen LogP contribution in [-0.4, -0.2) is 19.0 Å². The van der Waals surface area contributed by atoms with Crippen LogP contribution >= 0.6 is 0 Å². The van der Waals surface area contributed by atoms with E-state index >= 15 is 0 Å². The van der Waals surface area contributed by atoms with Crippen molar-refractivity contribution in [3.05, 3.63) is 0 Å². The molecular weight excluding hydrogens is 116 g/mol. The number of hydrogen-bond donors (Lipinski definition) is 2. The van der Waals surface area contributed by atoms with E-state index in [4.69, 9.17) is 15.9 Å². The van der Waals surface area contributed by atoms with Gasteiger partial charge in [0.15, 0.2) is 0 Å². The van der Waals surface area contributed by atoms with Gasteiger partial charge in [-0.3, -0.25) is 5.41 Å². The van der Waals surface area contributed by atoms with Crippen molar-refractivity contribution in [2.75, 3.05) is 13.2 Å². The quantitative estimate of drug-likeness (QED) is 0.395. The Morgan fingerprint density at radius 1 is 1.44 bits per heavy atom. The highest BCUT2D eigenvalue weighted by Gasteiger charge is 2.15. The van der Waals surface area contributed by atoms with Gasteiger partial charge in [-0.15, -0.1) is 0 Å². The average Bonchev–Trinajstić information content (AvgIpc) is 1.90. The van der Waals surface area contributed by atoms with Crippen molar-refractivity contribution in [2.45, 2.75) is 12.8 Å². The average molecular weight is 128 g/mol. The molecule has 1 aliphatic heterocycles. The van der Waals surface area contributed by atoms with E-state index in [9.17, 15) is 0 Å². The Bertz CT molecular complexity index is 108. The van der Waals surface area contributed by atoms with Crippen LogP contribution < -0.4 is 5.73 Å². The zero-order valence-corrected chi connectivity index (χ0v) is 5.39. The number of rotatable bonds is 1. The van der Waals surface area contributed by atoms with Gasteiger partial charge in [-0.25, -0.2) is 0 Å². The number of nitrogens with one attached hydrogen (secondary N) is 1. The molecule has 0 spiro atoms. The Morgan fingerprint density at radius 2 is 2.00 bits per heavy atom. The van der Waals surface area contributed by atoms with Crippen LogP contribution in [-0.2, 0) is 4.74 Å². The van der Waals surface area contributed by atoms with Gasteiger partial charge < -0.3 is 10.5 Å². The minimum absolute atomic E-state index is 0.291. The van der Waals surface area contributed by atoms with Gasteiger partial charge in [0, 0.05) is 19.1 Å². The van der Waals surface area contributed by atoms with Crippen LogP contribution in [0.2, 0.25) is 0 Å². The molecule has 52 valence electrons. The van der Waals surface area contributed by atoms with Gasteiger partial charge in [0.05, 0.1) is 5.84 Å². The van der Waals surface area contributed by atoms with E-state index in [0.29, 0.717) is 11.8 Å². The van der Waals surface area contributed by atoms with Crippen LogP contribution in [0.1, 0.15) is 12.8 Å². The van der Waals surface area contributed by atoms with Gasteiger partial charge in [-0.2, -0.15) is 0 Å². The summed E-state index contributed by atoms with van der Waals surface area (Å²) >= 11 is 0. The normalized spacial score (nSPS) is 21.8. The van der Waals surface area contributed by atoms with Crippen LogP contribution in [0.4, 0.5) is 0 Å². The number of amidine groups is 1. The molecule has 0 aromatic carbocycles. The van der Waals surface area contributed by atoms with E-state index in [-0.39, 0.29) is 0 Å². The van der Waals surface area contributed by atoms with Crippen LogP contribution in [0.15, 0.2) is 0 Å². The lowest BCUT2D eigenvalue weighted by Crippen LogP contribution is -2.28. The molecule has 1 aliphatic rings. The minimum atomic E-state index is 0.291. The van der Waals surface area contributed by atoms with E-state index in [1.54, 1.807) is 0 Å². The number of ether oxygens (including phenoxy) is 1. The summed E-state index contributed by atoms with van der Waals surface area (Å²) in [7, 11) is 0. The van der Waals surface area contributed by atoms with Crippen molar-refractivity contribution >= 4 is 5.84 Å². The molecular formula is C6H12N2O. The second-order valence-electron chi connectivity index (χ2n) is 2.34. The second kappa shape index (κ2) is 2.82. The molecule has 9 heavy (non-hydrogen) atoms. The Balaban J connectivity index is 2.31. The zero-order chi connectivity index (χ0) is 6.69. The summed E-state index contributed by atoms with van der Waals surface area (Å²) in [5, 5.41) is 7.11. The minimum Gasteiger partial charge on any atom is -0.387 e. The summed E-state index contributed by atoms with van der Waals surface area (Å²) in [4.78, 5) is 0. The van der Waals surface area contributed by atoms with Crippen LogP contribution in [0, 0.1) is 11.3 Å². The van der Waals surface area contributed by atoms with E-state index in [2.05, 4.69) is 0 Å². The third-order valence-electron chi connectivity index (χ3n) is 1.66. The van der Waals surface area contributed by atoms with Gasteiger partial charge in [-0.1, -0.05) is 0 Å². The molecule has 3 N–H and O–H groups in total. The Hall–Kier alpha value is -0.570. The molecule has 0 saturated carbocycles. The first kappa shape index (κ1) is 6.55. The highest BCUT2D eigenvalue weighted by Crippen LogP contribution is 2.13. The third kappa shape index (κ3) is 1.68. The Morgan fingerprint density at radius 3 is 2.33 bits per heavy atom. The van der Waals surface area contributed by atoms with Gasteiger partial charge in [0.2, 0.25) is 0 Å². The van der Waals surface area contributed by atoms with Gasteiger partial charge in [0.1, 0.15) is 0 Å². The standard InChI is InChI=1S/C6H12N2O/c7-6(8)5-1-3-9-4-2-5/h5H,1-4H2,(H3,7,8). The molecule has 1 fully saturated rings. The van der Waals surface area contributed by atoms with Crippen molar-refractivity contribution in [3.63, 3.8) is 0 Å². The molecule has 0 amide bonds. The first-order valence-electron chi connectivity index (χ1n) is 3.22. The summed E-state index contributed by atoms with van der Waals surface area (Å²) in [6.45, 7) is 1.54. The van der Waals surface area contributed by atoms with Crippen LogP contribution in [0.25, 0.3) is 0 Å². The molecule has 3 nitrogen and oxygen atoms in total. The molecule has 0 aromatic rings. The molecule has 0 aromatic heterocycles. The topological polar surface area (TPSA) is 59.1 Å². The maximum Gasteiger partial charge on any atom is 0.0938 e. The molecule has 1 rings (SSSR count). The molecule has 0 radical (unpaired) electrons. The smallest absolute Gasteiger partial charge is 0.0938 e. The fraction of sp³-hybridized carbons (Fsp3) is 0.833. The monoisotopic (exact) mass is 128 g/mol. The lowest BCUT2D eigenvalue weighted by atomic mass is 10.00. The molecule has 3 heteroatoms. The van der Waals surface area contributed by atoms with Crippen molar-refractivity contribution in [1.29, 1.82) is 5.41 Å². The summed E-state index contributed by atoms with van der Waals surface area (Å²) in [5.41, 5.74) is 5.29. The molecule has 0 bridgehead atoms. The molecule has 1 heterocycles. The highest BCUT2D eigenvalue weighted by molar-refractivity contribution is 5.79. The Kier molecular flexibility index (Phi) is 2.05. The van der Waals surface area contributed by atoms with E-state index < -0.39 is 0 Å². The third-order valence-corrected chi connectivity index (χ3v) is 1.66. The first-order valence-corrected chi connectivity index (χ1v) is 3.22. The number of nitrogens with two attached hydrogens (primary N) is 1. The largest absolute Gasteiger partial charge is 0.387 e. The van der Waals surface area contributed by atoms with Crippen molar-refractivity contribution in [2.24, 2.45) is 11.7 Å². The van der Waals surface area contributed by atoms with Gasteiger partial charge >= 0.3 is 0 Å². The SMILES string of the molecule is N=C(N)C1CCOCC1. The zero-order valence-electron chi connectivity index (χ0n) is 5.39.